The van der Waals surface area contributed by atoms with Crippen molar-refractivity contribution in [1.29, 1.82) is 0 Å². The first-order chi connectivity index (χ1) is 6.22. The first-order valence-electron chi connectivity index (χ1n) is 4.13. The highest BCUT2D eigenvalue weighted by atomic mass is 19.1. The molecule has 1 aromatic rings. The topological polar surface area (TPSA) is 21.6 Å². The Balaban J connectivity index is 2.45. The van der Waals surface area contributed by atoms with E-state index in [0.29, 0.717) is 12.2 Å². The molecule has 0 bridgehead atoms. The van der Waals surface area contributed by atoms with Gasteiger partial charge in [0.05, 0.1) is 0 Å². The fourth-order valence-electron chi connectivity index (χ4n) is 1.44. The summed E-state index contributed by atoms with van der Waals surface area (Å²) in [6.45, 7) is 2.27. The van der Waals surface area contributed by atoms with E-state index in [9.17, 15) is 4.39 Å². The fourth-order valence-corrected chi connectivity index (χ4v) is 1.44. The highest BCUT2D eigenvalue weighted by molar-refractivity contribution is 5.52. The van der Waals surface area contributed by atoms with Crippen LogP contribution in [0.25, 0.3) is 0 Å². The average Bonchev–Trinajstić information content (AvgIpc) is 2.54. The molecular weight excluding hydrogens is 169 g/mol. The summed E-state index contributed by atoms with van der Waals surface area (Å²) in [5, 5.41) is 0. The number of hydrogen-bond donors (Lipinski definition) is 0. The molecule has 2 nitrogen and oxygen atoms in total. The van der Waals surface area contributed by atoms with Crippen molar-refractivity contribution in [2.45, 2.75) is 12.5 Å². The number of halogens is 1. The van der Waals surface area contributed by atoms with E-state index < -0.39 is 5.54 Å². The van der Waals surface area contributed by atoms with Crippen LogP contribution >= 0.6 is 0 Å². The molecule has 0 spiro atoms. The molecule has 1 aliphatic rings. The summed E-state index contributed by atoms with van der Waals surface area (Å²) in [6.07, 6.45) is 1.38. The summed E-state index contributed by atoms with van der Waals surface area (Å²) in [6, 6.07) is 6.65. The third-order valence-corrected chi connectivity index (χ3v) is 2.23. The van der Waals surface area contributed by atoms with Crippen LogP contribution in [0.4, 0.5) is 4.39 Å². The maximum atomic E-state index is 13.4. The van der Waals surface area contributed by atoms with Gasteiger partial charge in [0.2, 0.25) is 0 Å². The van der Waals surface area contributed by atoms with Crippen LogP contribution in [-0.4, -0.2) is 13.0 Å². The van der Waals surface area contributed by atoms with Crippen LogP contribution in [0.15, 0.2) is 29.3 Å². The van der Waals surface area contributed by atoms with Crippen LogP contribution in [0.2, 0.25) is 0 Å². The molecule has 3 heteroatoms. The number of rotatable bonds is 1. The molecule has 1 aromatic carbocycles. The number of hydrogen-bond acceptors (Lipinski definition) is 2. The second-order valence-electron chi connectivity index (χ2n) is 3.30. The van der Waals surface area contributed by atoms with E-state index in [4.69, 9.17) is 4.74 Å². The molecule has 0 amide bonds. The minimum absolute atomic E-state index is 0.229. The monoisotopic (exact) mass is 179 g/mol. The minimum Gasteiger partial charge on any atom is -0.481 e. The van der Waals surface area contributed by atoms with E-state index in [2.05, 4.69) is 4.99 Å². The fraction of sp³-hybridized carbons (Fsp3) is 0.300. The summed E-state index contributed by atoms with van der Waals surface area (Å²) in [4.78, 5) is 4.11. The van der Waals surface area contributed by atoms with Crippen LogP contribution in [0.5, 0.6) is 0 Å². The predicted molar refractivity (Wildman–Crippen MR) is 48.2 cm³/mol. The van der Waals surface area contributed by atoms with Gasteiger partial charge in [0.15, 0.2) is 6.40 Å². The first-order valence-corrected chi connectivity index (χ1v) is 4.13. The lowest BCUT2D eigenvalue weighted by Gasteiger charge is -2.19. The third-order valence-electron chi connectivity index (χ3n) is 2.23. The Morgan fingerprint density at radius 1 is 1.46 bits per heavy atom. The summed E-state index contributed by atoms with van der Waals surface area (Å²) >= 11 is 0. The zero-order valence-electron chi connectivity index (χ0n) is 7.33. The highest BCUT2D eigenvalue weighted by Gasteiger charge is 2.32. The van der Waals surface area contributed by atoms with E-state index in [0.717, 1.165) is 0 Å². The van der Waals surface area contributed by atoms with Gasteiger partial charge >= 0.3 is 0 Å². The van der Waals surface area contributed by atoms with Gasteiger partial charge in [-0.15, -0.1) is 0 Å². The normalized spacial score (nSPS) is 26.0. The molecule has 2 rings (SSSR count). The Hall–Kier alpha value is -1.38. The molecular formula is C10H10FNO. The molecule has 1 heterocycles. The Morgan fingerprint density at radius 3 is 2.85 bits per heavy atom. The van der Waals surface area contributed by atoms with Gasteiger partial charge in [-0.3, -0.25) is 0 Å². The van der Waals surface area contributed by atoms with Gasteiger partial charge in [0.1, 0.15) is 18.0 Å². The number of nitrogens with zero attached hydrogens (tertiary/aromatic N) is 1. The van der Waals surface area contributed by atoms with E-state index in [1.54, 1.807) is 18.2 Å². The van der Waals surface area contributed by atoms with E-state index in [1.165, 1.54) is 12.5 Å². The van der Waals surface area contributed by atoms with Gasteiger partial charge < -0.3 is 4.74 Å². The first kappa shape index (κ1) is 8.23. The lowest BCUT2D eigenvalue weighted by atomic mass is 9.94. The minimum atomic E-state index is -0.550. The Kier molecular flexibility index (Phi) is 1.79. The average molecular weight is 179 g/mol. The maximum Gasteiger partial charge on any atom is 0.170 e. The molecule has 0 aliphatic carbocycles. The third kappa shape index (κ3) is 1.30. The molecule has 0 radical (unpaired) electrons. The van der Waals surface area contributed by atoms with E-state index >= 15 is 0 Å². The Morgan fingerprint density at radius 2 is 2.23 bits per heavy atom. The second kappa shape index (κ2) is 2.83. The van der Waals surface area contributed by atoms with Crippen molar-refractivity contribution in [3.63, 3.8) is 0 Å². The molecule has 68 valence electrons. The number of ether oxygens (including phenoxy) is 1. The largest absolute Gasteiger partial charge is 0.481 e. The van der Waals surface area contributed by atoms with Gasteiger partial charge in [0, 0.05) is 5.56 Å². The predicted octanol–water partition coefficient (Wildman–Crippen LogP) is 2.10. The van der Waals surface area contributed by atoms with E-state index in [-0.39, 0.29) is 5.82 Å². The Bertz CT molecular complexity index is 351. The van der Waals surface area contributed by atoms with Crippen LogP contribution in [0.1, 0.15) is 12.5 Å². The van der Waals surface area contributed by atoms with Crippen molar-refractivity contribution in [2.24, 2.45) is 4.99 Å². The quantitative estimate of drug-likeness (QED) is 0.647. The molecule has 1 aliphatic heterocycles. The van der Waals surface area contributed by atoms with Gasteiger partial charge in [-0.05, 0) is 13.0 Å². The maximum absolute atomic E-state index is 13.4. The van der Waals surface area contributed by atoms with Gasteiger partial charge in [0.25, 0.3) is 0 Å². The van der Waals surface area contributed by atoms with Crippen molar-refractivity contribution in [3.05, 3.63) is 35.6 Å². The molecule has 0 saturated heterocycles. The zero-order valence-corrected chi connectivity index (χ0v) is 7.33. The van der Waals surface area contributed by atoms with Gasteiger partial charge in [-0.1, -0.05) is 18.2 Å². The van der Waals surface area contributed by atoms with Crippen molar-refractivity contribution >= 4 is 6.40 Å². The summed E-state index contributed by atoms with van der Waals surface area (Å²) in [7, 11) is 0. The second-order valence-corrected chi connectivity index (χ2v) is 3.30. The summed E-state index contributed by atoms with van der Waals surface area (Å²) < 4.78 is 18.4. The molecule has 0 saturated carbocycles. The SMILES string of the molecule is CC1(c2ccccc2F)COC=N1. The smallest absolute Gasteiger partial charge is 0.170 e. The van der Waals surface area contributed by atoms with Crippen LogP contribution in [0.3, 0.4) is 0 Å². The lowest BCUT2D eigenvalue weighted by molar-refractivity contribution is 0.272. The van der Waals surface area contributed by atoms with E-state index in [1.807, 2.05) is 6.92 Å². The van der Waals surface area contributed by atoms with Crippen molar-refractivity contribution in [3.8, 4) is 0 Å². The highest BCUT2D eigenvalue weighted by Crippen LogP contribution is 2.30. The molecule has 1 unspecified atom stereocenters. The summed E-state index contributed by atoms with van der Waals surface area (Å²) in [5.41, 5.74) is 0.0366. The number of aliphatic imine (C=N–C) groups is 1. The standard InChI is InChI=1S/C10H10FNO/c1-10(6-13-7-12-10)8-4-2-3-5-9(8)11/h2-5,7H,6H2,1H3. The molecule has 0 fully saturated rings. The molecule has 0 N–H and O–H groups in total. The summed E-state index contributed by atoms with van der Waals surface area (Å²) in [5.74, 6) is -0.229. The lowest BCUT2D eigenvalue weighted by Crippen LogP contribution is -2.22. The Labute approximate surface area is 76.1 Å². The van der Waals surface area contributed by atoms with Crippen LogP contribution < -0.4 is 0 Å². The van der Waals surface area contributed by atoms with Crippen molar-refractivity contribution in [1.82, 2.24) is 0 Å². The van der Waals surface area contributed by atoms with Gasteiger partial charge in [-0.2, -0.15) is 0 Å². The van der Waals surface area contributed by atoms with Crippen LogP contribution in [-0.2, 0) is 10.3 Å². The van der Waals surface area contributed by atoms with Gasteiger partial charge in [-0.25, -0.2) is 9.38 Å². The van der Waals surface area contributed by atoms with Crippen LogP contribution in [0, 0.1) is 5.82 Å². The zero-order chi connectivity index (χ0) is 9.31. The van der Waals surface area contributed by atoms with Crippen molar-refractivity contribution in [2.75, 3.05) is 6.61 Å². The molecule has 13 heavy (non-hydrogen) atoms. The molecule has 0 aromatic heterocycles. The number of benzene rings is 1. The molecule has 1 atom stereocenters. The van der Waals surface area contributed by atoms with Crippen molar-refractivity contribution < 1.29 is 9.13 Å².